The number of carbonyl (C=O) groups excluding carboxylic acids is 1. The Bertz CT molecular complexity index is 633. The number of rotatable bonds is 5. The van der Waals surface area contributed by atoms with E-state index in [4.69, 9.17) is 11.6 Å². The molecule has 114 valence electrons. The van der Waals surface area contributed by atoms with Crippen LogP contribution in [-0.2, 0) is 17.9 Å². The predicted octanol–water partition coefficient (Wildman–Crippen LogP) is 2.28. The topological polar surface area (TPSA) is 56.0 Å². The Hall–Kier alpha value is -1.82. The molecule has 0 saturated heterocycles. The Labute approximate surface area is 129 Å². The van der Waals surface area contributed by atoms with Crippen LogP contribution in [0.4, 0.5) is 0 Å². The molecular formula is C14H20ClN5O. The number of likely N-dealkylation sites (N-methyl/N-ethyl adjacent to an activating group) is 1. The molecule has 2 aromatic rings. The van der Waals surface area contributed by atoms with Gasteiger partial charge in [-0.25, -0.2) is 0 Å². The summed E-state index contributed by atoms with van der Waals surface area (Å²) in [6.07, 6.45) is 3.31. The Balaban J connectivity index is 2.10. The molecule has 0 spiro atoms. The molecule has 0 aliphatic heterocycles. The second kappa shape index (κ2) is 6.30. The van der Waals surface area contributed by atoms with Gasteiger partial charge in [0.05, 0.1) is 29.2 Å². The first-order chi connectivity index (χ1) is 9.95. The van der Waals surface area contributed by atoms with E-state index in [2.05, 4.69) is 10.2 Å². The van der Waals surface area contributed by atoms with E-state index in [9.17, 15) is 4.79 Å². The highest BCUT2D eigenvalue weighted by Crippen LogP contribution is 2.19. The van der Waals surface area contributed by atoms with Crippen LogP contribution in [0.1, 0.15) is 31.3 Å². The lowest BCUT2D eigenvalue weighted by atomic mass is 10.2. The molecule has 2 aromatic heterocycles. The molecule has 1 atom stereocenters. The van der Waals surface area contributed by atoms with Crippen LogP contribution in [0.25, 0.3) is 0 Å². The molecule has 0 bridgehead atoms. The Morgan fingerprint density at radius 1 is 1.48 bits per heavy atom. The standard InChI is InChI=1S/C14H20ClN5O/c1-5-19-12(6-7-16-19)9-18(4)14(21)11(3)20-10(2)13(15)8-17-20/h6-8,11H,5,9H2,1-4H3. The monoisotopic (exact) mass is 309 g/mol. The highest BCUT2D eigenvalue weighted by Gasteiger charge is 2.22. The van der Waals surface area contributed by atoms with Crippen LogP contribution in [0.5, 0.6) is 0 Å². The van der Waals surface area contributed by atoms with Crippen molar-refractivity contribution < 1.29 is 4.79 Å². The van der Waals surface area contributed by atoms with Gasteiger partial charge in [0.25, 0.3) is 0 Å². The maximum absolute atomic E-state index is 12.5. The van der Waals surface area contributed by atoms with Gasteiger partial charge < -0.3 is 4.90 Å². The fourth-order valence-electron chi connectivity index (χ4n) is 2.32. The zero-order valence-electron chi connectivity index (χ0n) is 12.7. The third kappa shape index (κ3) is 3.10. The Morgan fingerprint density at radius 2 is 2.19 bits per heavy atom. The van der Waals surface area contributed by atoms with Crippen LogP contribution in [0.3, 0.4) is 0 Å². The van der Waals surface area contributed by atoms with E-state index >= 15 is 0 Å². The summed E-state index contributed by atoms with van der Waals surface area (Å²) in [4.78, 5) is 14.2. The van der Waals surface area contributed by atoms with E-state index in [0.29, 0.717) is 11.6 Å². The summed E-state index contributed by atoms with van der Waals surface area (Å²) in [5.41, 5.74) is 1.81. The highest BCUT2D eigenvalue weighted by atomic mass is 35.5. The molecule has 21 heavy (non-hydrogen) atoms. The molecule has 6 nitrogen and oxygen atoms in total. The second-order valence-electron chi connectivity index (χ2n) is 5.03. The Kier molecular flexibility index (Phi) is 4.67. The fraction of sp³-hybridized carbons (Fsp3) is 0.500. The normalized spacial score (nSPS) is 12.4. The van der Waals surface area contributed by atoms with Gasteiger partial charge in [-0.2, -0.15) is 10.2 Å². The van der Waals surface area contributed by atoms with Crippen molar-refractivity contribution in [3.05, 3.63) is 34.9 Å². The van der Waals surface area contributed by atoms with Crippen molar-refractivity contribution in [3.8, 4) is 0 Å². The SMILES string of the molecule is CCn1nccc1CN(C)C(=O)C(C)n1ncc(Cl)c1C. The fourth-order valence-corrected chi connectivity index (χ4v) is 2.45. The van der Waals surface area contributed by atoms with Crippen LogP contribution in [0.2, 0.25) is 5.02 Å². The summed E-state index contributed by atoms with van der Waals surface area (Å²) in [7, 11) is 1.78. The average Bonchev–Trinajstić information content (AvgIpc) is 3.05. The molecule has 1 unspecified atom stereocenters. The number of carbonyl (C=O) groups is 1. The first-order valence-corrected chi connectivity index (χ1v) is 7.28. The van der Waals surface area contributed by atoms with Gasteiger partial charge in [0.2, 0.25) is 5.91 Å². The minimum Gasteiger partial charge on any atom is -0.338 e. The third-order valence-electron chi connectivity index (χ3n) is 3.59. The van der Waals surface area contributed by atoms with E-state index < -0.39 is 0 Å². The lowest BCUT2D eigenvalue weighted by Gasteiger charge is -2.22. The molecule has 2 rings (SSSR count). The largest absolute Gasteiger partial charge is 0.338 e. The number of aromatic nitrogens is 4. The molecule has 0 fully saturated rings. The van der Waals surface area contributed by atoms with Crippen LogP contribution < -0.4 is 0 Å². The van der Waals surface area contributed by atoms with Crippen molar-refractivity contribution in [1.29, 1.82) is 0 Å². The van der Waals surface area contributed by atoms with Crippen LogP contribution in [-0.4, -0.2) is 37.4 Å². The second-order valence-corrected chi connectivity index (χ2v) is 5.44. The van der Waals surface area contributed by atoms with Gasteiger partial charge >= 0.3 is 0 Å². The van der Waals surface area contributed by atoms with Crippen molar-refractivity contribution in [2.75, 3.05) is 7.05 Å². The maximum Gasteiger partial charge on any atom is 0.247 e. The van der Waals surface area contributed by atoms with E-state index in [1.165, 1.54) is 0 Å². The summed E-state index contributed by atoms with van der Waals surface area (Å²) in [5.74, 6) is -0.0123. The zero-order chi connectivity index (χ0) is 15.6. The smallest absolute Gasteiger partial charge is 0.247 e. The van der Waals surface area contributed by atoms with Gasteiger partial charge in [0, 0.05) is 19.8 Å². The molecular weight excluding hydrogens is 290 g/mol. The number of halogens is 1. The maximum atomic E-state index is 12.5. The summed E-state index contributed by atoms with van der Waals surface area (Å²) < 4.78 is 3.53. The summed E-state index contributed by atoms with van der Waals surface area (Å²) >= 11 is 5.99. The molecule has 7 heteroatoms. The third-order valence-corrected chi connectivity index (χ3v) is 3.96. The summed E-state index contributed by atoms with van der Waals surface area (Å²) in [6.45, 7) is 7.01. The lowest BCUT2D eigenvalue weighted by Crippen LogP contribution is -2.34. The van der Waals surface area contributed by atoms with Gasteiger partial charge in [0.1, 0.15) is 6.04 Å². The van der Waals surface area contributed by atoms with E-state index in [1.807, 2.05) is 31.5 Å². The van der Waals surface area contributed by atoms with Crippen molar-refractivity contribution in [2.24, 2.45) is 0 Å². The quantitative estimate of drug-likeness (QED) is 0.851. The number of hydrogen-bond donors (Lipinski definition) is 0. The minimum absolute atomic E-state index is 0.0123. The molecule has 0 radical (unpaired) electrons. The lowest BCUT2D eigenvalue weighted by molar-refractivity contribution is -0.133. The first kappa shape index (κ1) is 15.6. The molecule has 2 heterocycles. The van der Waals surface area contributed by atoms with Crippen molar-refractivity contribution in [1.82, 2.24) is 24.5 Å². The van der Waals surface area contributed by atoms with E-state index in [1.54, 1.807) is 29.0 Å². The van der Waals surface area contributed by atoms with Crippen molar-refractivity contribution >= 4 is 17.5 Å². The van der Waals surface area contributed by atoms with Gasteiger partial charge in [-0.3, -0.25) is 14.2 Å². The number of amides is 1. The number of nitrogens with zero attached hydrogens (tertiary/aromatic N) is 5. The van der Waals surface area contributed by atoms with Gasteiger partial charge in [-0.1, -0.05) is 11.6 Å². The van der Waals surface area contributed by atoms with E-state index in [-0.39, 0.29) is 11.9 Å². The number of aryl methyl sites for hydroxylation is 1. The van der Waals surface area contributed by atoms with Crippen LogP contribution in [0, 0.1) is 6.92 Å². The molecule has 0 aromatic carbocycles. The first-order valence-electron chi connectivity index (χ1n) is 6.91. The van der Waals surface area contributed by atoms with Crippen molar-refractivity contribution in [2.45, 2.75) is 39.9 Å². The highest BCUT2D eigenvalue weighted by molar-refractivity contribution is 6.31. The van der Waals surface area contributed by atoms with Crippen molar-refractivity contribution in [3.63, 3.8) is 0 Å². The molecule has 0 aliphatic carbocycles. The summed E-state index contributed by atoms with van der Waals surface area (Å²) in [5, 5.41) is 8.95. The van der Waals surface area contributed by atoms with E-state index in [0.717, 1.165) is 17.9 Å². The zero-order valence-corrected chi connectivity index (χ0v) is 13.5. The van der Waals surface area contributed by atoms with Gasteiger partial charge in [-0.05, 0) is 26.8 Å². The average molecular weight is 310 g/mol. The molecule has 0 aliphatic rings. The van der Waals surface area contributed by atoms with Crippen LogP contribution in [0.15, 0.2) is 18.5 Å². The van der Waals surface area contributed by atoms with Gasteiger partial charge in [-0.15, -0.1) is 0 Å². The molecule has 0 saturated carbocycles. The molecule has 1 amide bonds. The molecule has 0 N–H and O–H groups in total. The Morgan fingerprint density at radius 3 is 2.76 bits per heavy atom. The predicted molar refractivity (Wildman–Crippen MR) is 81.1 cm³/mol. The van der Waals surface area contributed by atoms with Gasteiger partial charge in [0.15, 0.2) is 0 Å². The van der Waals surface area contributed by atoms with Crippen LogP contribution >= 0.6 is 11.6 Å². The summed E-state index contributed by atoms with van der Waals surface area (Å²) in [6, 6.07) is 1.54. The number of hydrogen-bond acceptors (Lipinski definition) is 3. The minimum atomic E-state index is -0.388.